The number of carbonyl (C=O) groups is 1. The van der Waals surface area contributed by atoms with Gasteiger partial charge in [0.2, 0.25) is 0 Å². The molecule has 2 N–H and O–H groups in total. The fourth-order valence-electron chi connectivity index (χ4n) is 4.16. The molecule has 31 heavy (non-hydrogen) atoms. The van der Waals surface area contributed by atoms with Crippen molar-refractivity contribution in [2.45, 2.75) is 64.1 Å². The van der Waals surface area contributed by atoms with Crippen LogP contribution < -0.4 is 0 Å². The van der Waals surface area contributed by atoms with Gasteiger partial charge in [0.25, 0.3) is 0 Å². The zero-order valence-electron chi connectivity index (χ0n) is 18.5. The van der Waals surface area contributed by atoms with Crippen LogP contribution in [0.1, 0.15) is 48.3 Å². The second kappa shape index (κ2) is 13.4. The third-order valence-corrected chi connectivity index (χ3v) is 8.20. The van der Waals surface area contributed by atoms with Gasteiger partial charge in [-0.3, -0.25) is 4.79 Å². The average molecular weight is 512 g/mol. The molecule has 0 amide bonds. The molecule has 1 heterocycles. The molecule has 2 rings (SSSR count). The predicted octanol–water partition coefficient (Wildman–Crippen LogP) is 5.76. The molecule has 6 heteroatoms. The quantitative estimate of drug-likeness (QED) is 0.213. The van der Waals surface area contributed by atoms with Gasteiger partial charge in [-0.15, -0.1) is 17.9 Å². The van der Waals surface area contributed by atoms with E-state index >= 15 is 0 Å². The van der Waals surface area contributed by atoms with Gasteiger partial charge in [0.15, 0.2) is 0 Å². The second-order valence-corrected chi connectivity index (χ2v) is 10.4. The van der Waals surface area contributed by atoms with Crippen LogP contribution in [-0.4, -0.2) is 35.5 Å². The van der Waals surface area contributed by atoms with E-state index in [1.54, 1.807) is 11.3 Å². The summed E-state index contributed by atoms with van der Waals surface area (Å²) in [6.07, 6.45) is 14.2. The smallest absolute Gasteiger partial charge is 0.305 e. The van der Waals surface area contributed by atoms with Crippen LogP contribution in [0.25, 0.3) is 0 Å². The van der Waals surface area contributed by atoms with Gasteiger partial charge < -0.3 is 14.9 Å². The molecule has 0 radical (unpaired) electrons. The van der Waals surface area contributed by atoms with Gasteiger partial charge in [0, 0.05) is 20.6 Å². The maximum Gasteiger partial charge on any atom is 0.305 e. The molecule has 1 fully saturated rings. The highest BCUT2D eigenvalue weighted by Gasteiger charge is 2.38. The first-order valence-corrected chi connectivity index (χ1v) is 12.6. The van der Waals surface area contributed by atoms with Gasteiger partial charge in [0.1, 0.15) is 0 Å². The summed E-state index contributed by atoms with van der Waals surface area (Å²) in [6, 6.07) is 2.13. The molecular formula is C25H35BrO4S. The number of hydrogen-bond acceptors (Lipinski definition) is 5. The second-order valence-electron chi connectivity index (χ2n) is 8.23. The minimum atomic E-state index is -0.501. The monoisotopic (exact) mass is 510 g/mol. The van der Waals surface area contributed by atoms with E-state index in [4.69, 9.17) is 0 Å². The number of esters is 1. The number of unbranched alkanes of at least 4 members (excludes halogenated alkanes) is 1. The molecule has 0 saturated heterocycles. The zero-order valence-corrected chi connectivity index (χ0v) is 20.9. The Morgan fingerprint density at radius 3 is 2.87 bits per heavy atom. The van der Waals surface area contributed by atoms with Crippen molar-refractivity contribution in [3.05, 3.63) is 57.3 Å². The SMILES string of the molecule is C=CC1CC(O)[C@H](C/C=C\CCCC(=O)OC)[C@H]1/C=C/[C@@H](O)CCc1cc(Br)c(C)s1. The minimum Gasteiger partial charge on any atom is -0.469 e. The molecule has 1 aliphatic carbocycles. The lowest BCUT2D eigenvalue weighted by molar-refractivity contribution is -0.140. The van der Waals surface area contributed by atoms with E-state index < -0.39 is 6.10 Å². The number of allylic oxidation sites excluding steroid dienone is 4. The Balaban J connectivity index is 1.87. The lowest BCUT2D eigenvalue weighted by Crippen LogP contribution is -2.18. The number of aliphatic hydroxyl groups excluding tert-OH is 2. The highest BCUT2D eigenvalue weighted by Crippen LogP contribution is 2.41. The molecule has 0 spiro atoms. The van der Waals surface area contributed by atoms with Crippen molar-refractivity contribution in [2.75, 3.05) is 7.11 Å². The Morgan fingerprint density at radius 1 is 1.45 bits per heavy atom. The molecule has 0 bridgehead atoms. The van der Waals surface area contributed by atoms with Crippen LogP contribution in [0.15, 0.2) is 47.5 Å². The molecule has 1 saturated carbocycles. The van der Waals surface area contributed by atoms with Gasteiger partial charge in [-0.25, -0.2) is 0 Å². The molecular weight excluding hydrogens is 476 g/mol. The molecule has 1 aromatic heterocycles. The molecule has 0 aromatic carbocycles. The summed E-state index contributed by atoms with van der Waals surface area (Å²) in [5.74, 6) is 0.310. The van der Waals surface area contributed by atoms with Crippen molar-refractivity contribution in [3.63, 3.8) is 0 Å². The van der Waals surface area contributed by atoms with E-state index in [2.05, 4.69) is 58.5 Å². The van der Waals surface area contributed by atoms with Gasteiger partial charge in [-0.2, -0.15) is 0 Å². The fourth-order valence-corrected chi connectivity index (χ4v) is 5.78. The number of halogens is 1. The number of rotatable bonds is 12. The summed E-state index contributed by atoms with van der Waals surface area (Å²) in [7, 11) is 1.41. The molecule has 4 nitrogen and oxygen atoms in total. The third kappa shape index (κ3) is 8.33. The first-order chi connectivity index (χ1) is 14.8. The molecule has 2 unspecified atom stereocenters. The van der Waals surface area contributed by atoms with Gasteiger partial charge in [0.05, 0.1) is 19.3 Å². The van der Waals surface area contributed by atoms with Crippen molar-refractivity contribution >= 4 is 33.2 Å². The third-order valence-electron chi connectivity index (χ3n) is 6.00. The summed E-state index contributed by atoms with van der Waals surface area (Å²) in [5, 5.41) is 21.0. The van der Waals surface area contributed by atoms with Crippen molar-refractivity contribution < 1.29 is 19.7 Å². The van der Waals surface area contributed by atoms with Crippen LogP contribution in [0.5, 0.6) is 0 Å². The summed E-state index contributed by atoms with van der Waals surface area (Å²) in [5.41, 5.74) is 0. The fraction of sp³-hybridized carbons (Fsp3) is 0.560. The average Bonchev–Trinajstić information content (AvgIpc) is 3.24. The van der Waals surface area contributed by atoms with Crippen molar-refractivity contribution in [2.24, 2.45) is 17.8 Å². The number of aryl methyl sites for hydroxylation is 2. The van der Waals surface area contributed by atoms with Crippen molar-refractivity contribution in [1.82, 2.24) is 0 Å². The topological polar surface area (TPSA) is 66.8 Å². The minimum absolute atomic E-state index is 0.110. The maximum absolute atomic E-state index is 11.2. The number of carbonyl (C=O) groups excluding carboxylic acids is 1. The Labute approximate surface area is 198 Å². The number of thiophene rings is 1. The maximum atomic E-state index is 11.2. The van der Waals surface area contributed by atoms with Crippen LogP contribution in [0, 0.1) is 24.7 Å². The van der Waals surface area contributed by atoms with E-state index in [0.717, 1.165) is 30.2 Å². The molecule has 1 aromatic rings. The van der Waals surface area contributed by atoms with E-state index in [1.165, 1.54) is 16.9 Å². The first-order valence-electron chi connectivity index (χ1n) is 11.0. The normalized spacial score (nSPS) is 24.8. The lowest BCUT2D eigenvalue weighted by Gasteiger charge is -2.20. The Bertz CT molecular complexity index is 750. The lowest BCUT2D eigenvalue weighted by atomic mass is 9.86. The molecule has 0 aliphatic heterocycles. The van der Waals surface area contributed by atoms with Crippen LogP contribution in [0.4, 0.5) is 0 Å². The van der Waals surface area contributed by atoms with Crippen LogP contribution >= 0.6 is 27.3 Å². The van der Waals surface area contributed by atoms with E-state index in [9.17, 15) is 15.0 Å². The van der Waals surface area contributed by atoms with Crippen molar-refractivity contribution in [1.29, 1.82) is 0 Å². The van der Waals surface area contributed by atoms with Crippen LogP contribution in [0.2, 0.25) is 0 Å². The van der Waals surface area contributed by atoms with Crippen LogP contribution in [0.3, 0.4) is 0 Å². The standard InChI is InChI=1S/C25H35BrO4S/c1-4-18-15-24(28)22(9-7-5-6-8-10-25(29)30-3)21(18)14-12-19(27)11-13-20-16-23(26)17(2)31-20/h4-5,7,12,14,16,18-19,21-22,24,27-28H,1,6,8-11,13,15H2,2-3H3/b7-5-,14-12+/t18?,19-,21-,22+,24?/m0/s1. The van der Waals surface area contributed by atoms with Gasteiger partial charge in [-0.05, 0) is 85.2 Å². The van der Waals surface area contributed by atoms with Crippen molar-refractivity contribution in [3.8, 4) is 0 Å². The highest BCUT2D eigenvalue weighted by atomic mass is 79.9. The first kappa shape index (κ1) is 26.0. The van der Waals surface area contributed by atoms with E-state index in [-0.39, 0.29) is 29.8 Å². The zero-order chi connectivity index (χ0) is 22.8. The van der Waals surface area contributed by atoms with Gasteiger partial charge in [-0.1, -0.05) is 30.4 Å². The van der Waals surface area contributed by atoms with Crippen LogP contribution in [-0.2, 0) is 16.0 Å². The summed E-state index contributed by atoms with van der Waals surface area (Å²) >= 11 is 5.30. The number of ether oxygens (including phenoxy) is 1. The Hall–Kier alpha value is -1.21. The van der Waals surface area contributed by atoms with E-state index in [1.807, 2.05) is 12.2 Å². The summed E-state index contributed by atoms with van der Waals surface area (Å²) in [4.78, 5) is 13.7. The number of hydrogen-bond donors (Lipinski definition) is 2. The molecule has 1 aliphatic rings. The highest BCUT2D eigenvalue weighted by molar-refractivity contribution is 9.10. The number of aliphatic hydroxyl groups is 2. The molecule has 5 atom stereocenters. The summed E-state index contributed by atoms with van der Waals surface area (Å²) < 4.78 is 5.78. The Kier molecular flexibility index (Phi) is 11.2. The van der Waals surface area contributed by atoms with E-state index in [0.29, 0.717) is 19.3 Å². The largest absolute Gasteiger partial charge is 0.469 e. The summed E-state index contributed by atoms with van der Waals surface area (Å²) in [6.45, 7) is 6.03. The molecule has 172 valence electrons. The van der Waals surface area contributed by atoms with Gasteiger partial charge >= 0.3 is 5.97 Å². The Morgan fingerprint density at radius 2 is 2.23 bits per heavy atom. The predicted molar refractivity (Wildman–Crippen MR) is 131 cm³/mol. The number of methoxy groups -OCH3 is 1.